The first-order valence-electron chi connectivity index (χ1n) is 6.23. The molecule has 0 radical (unpaired) electrons. The number of rotatable bonds is 3. The molecule has 1 fully saturated rings. The molecule has 0 spiro atoms. The highest BCUT2D eigenvalue weighted by molar-refractivity contribution is 6.29. The molecule has 2 heterocycles. The monoisotopic (exact) mass is 282 g/mol. The highest BCUT2D eigenvalue weighted by atomic mass is 35.5. The van der Waals surface area contributed by atoms with Crippen LogP contribution in [-0.2, 0) is 9.53 Å². The van der Waals surface area contributed by atoms with Crippen molar-refractivity contribution in [1.82, 2.24) is 9.88 Å². The number of aromatic nitrogens is 1. The minimum atomic E-state index is -0.561. The molecule has 0 aromatic carbocycles. The molecule has 6 heteroatoms. The van der Waals surface area contributed by atoms with E-state index in [0.717, 1.165) is 32.4 Å². The standard InChI is InChI=1S/C13H15ClN2O3/c14-11-8-10(4-5-15-11)13(18)19-9-12(17)16-6-2-1-3-7-16/h4-5,8H,1-3,6-7,9H2. The van der Waals surface area contributed by atoms with Crippen LogP contribution in [0, 0.1) is 0 Å². The van der Waals surface area contributed by atoms with E-state index in [1.54, 1.807) is 4.90 Å². The topological polar surface area (TPSA) is 59.5 Å². The lowest BCUT2D eigenvalue weighted by atomic mass is 10.1. The Morgan fingerprint density at radius 1 is 1.32 bits per heavy atom. The number of hydrogen-bond donors (Lipinski definition) is 0. The van der Waals surface area contributed by atoms with Crippen molar-refractivity contribution in [2.24, 2.45) is 0 Å². The summed E-state index contributed by atoms with van der Waals surface area (Å²) in [5.41, 5.74) is 0.298. The fraction of sp³-hybridized carbons (Fsp3) is 0.462. The second kappa shape index (κ2) is 6.52. The zero-order chi connectivity index (χ0) is 13.7. The second-order valence-corrected chi connectivity index (χ2v) is 4.77. The van der Waals surface area contributed by atoms with Gasteiger partial charge in [0.1, 0.15) is 5.15 Å². The van der Waals surface area contributed by atoms with Gasteiger partial charge in [-0.2, -0.15) is 0 Å². The molecule has 1 saturated heterocycles. The number of halogens is 1. The van der Waals surface area contributed by atoms with Crippen LogP contribution in [0.1, 0.15) is 29.6 Å². The number of likely N-dealkylation sites (tertiary alicyclic amines) is 1. The lowest BCUT2D eigenvalue weighted by molar-refractivity contribution is -0.135. The van der Waals surface area contributed by atoms with Gasteiger partial charge in [-0.1, -0.05) is 11.6 Å². The van der Waals surface area contributed by atoms with Crippen LogP contribution in [0.15, 0.2) is 18.3 Å². The molecular formula is C13H15ClN2O3. The highest BCUT2D eigenvalue weighted by Gasteiger charge is 2.18. The molecule has 1 aliphatic heterocycles. The Morgan fingerprint density at radius 2 is 2.05 bits per heavy atom. The molecule has 5 nitrogen and oxygen atoms in total. The van der Waals surface area contributed by atoms with Crippen LogP contribution >= 0.6 is 11.6 Å². The molecule has 1 aromatic heterocycles. The van der Waals surface area contributed by atoms with Crippen LogP contribution in [-0.4, -0.2) is 41.5 Å². The van der Waals surface area contributed by atoms with Gasteiger partial charge in [-0.15, -0.1) is 0 Å². The van der Waals surface area contributed by atoms with Crippen molar-refractivity contribution < 1.29 is 14.3 Å². The van der Waals surface area contributed by atoms with Gasteiger partial charge in [0, 0.05) is 19.3 Å². The summed E-state index contributed by atoms with van der Waals surface area (Å²) in [5, 5.41) is 0.219. The zero-order valence-corrected chi connectivity index (χ0v) is 11.2. The van der Waals surface area contributed by atoms with Gasteiger partial charge in [0.2, 0.25) is 0 Å². The summed E-state index contributed by atoms with van der Waals surface area (Å²) in [6.07, 6.45) is 4.60. The van der Waals surface area contributed by atoms with Crippen molar-refractivity contribution in [3.63, 3.8) is 0 Å². The summed E-state index contributed by atoms with van der Waals surface area (Å²) in [7, 11) is 0. The maximum absolute atomic E-state index is 11.8. The number of nitrogens with zero attached hydrogens (tertiary/aromatic N) is 2. The normalized spacial score (nSPS) is 15.1. The third-order valence-electron chi connectivity index (χ3n) is 3.00. The Hall–Kier alpha value is -1.62. The van der Waals surface area contributed by atoms with Crippen LogP contribution in [0.5, 0.6) is 0 Å². The first kappa shape index (κ1) is 13.8. The van der Waals surface area contributed by atoms with Crippen LogP contribution < -0.4 is 0 Å². The van der Waals surface area contributed by atoms with Crippen molar-refractivity contribution in [3.8, 4) is 0 Å². The Bertz CT molecular complexity index is 473. The van der Waals surface area contributed by atoms with Crippen LogP contribution in [0.4, 0.5) is 0 Å². The van der Waals surface area contributed by atoms with Crippen molar-refractivity contribution in [3.05, 3.63) is 29.0 Å². The molecule has 0 bridgehead atoms. The number of pyridine rings is 1. The molecule has 0 atom stereocenters. The molecule has 1 aliphatic rings. The second-order valence-electron chi connectivity index (χ2n) is 4.38. The summed E-state index contributed by atoms with van der Waals surface area (Å²) in [4.78, 5) is 29.0. The van der Waals surface area contributed by atoms with E-state index in [1.807, 2.05) is 0 Å². The van der Waals surface area contributed by atoms with E-state index < -0.39 is 5.97 Å². The SMILES string of the molecule is O=C(OCC(=O)N1CCCCC1)c1ccnc(Cl)c1. The third kappa shape index (κ3) is 3.92. The molecule has 0 aliphatic carbocycles. The Morgan fingerprint density at radius 3 is 2.74 bits per heavy atom. The average molecular weight is 283 g/mol. The van der Waals surface area contributed by atoms with Gasteiger partial charge in [0.05, 0.1) is 5.56 Å². The van der Waals surface area contributed by atoms with Crippen molar-refractivity contribution in [2.75, 3.05) is 19.7 Å². The summed E-state index contributed by atoms with van der Waals surface area (Å²) < 4.78 is 4.98. The van der Waals surface area contributed by atoms with E-state index in [-0.39, 0.29) is 17.7 Å². The number of amides is 1. The Kier molecular flexibility index (Phi) is 4.74. The van der Waals surface area contributed by atoms with E-state index in [0.29, 0.717) is 5.56 Å². The largest absolute Gasteiger partial charge is 0.452 e. The summed E-state index contributed by atoms with van der Waals surface area (Å²) in [6.45, 7) is 1.27. The van der Waals surface area contributed by atoms with E-state index in [9.17, 15) is 9.59 Å². The Labute approximate surface area is 116 Å². The summed E-state index contributed by atoms with van der Waals surface area (Å²) in [6, 6.07) is 2.91. The van der Waals surface area contributed by atoms with Gasteiger partial charge < -0.3 is 9.64 Å². The lowest BCUT2D eigenvalue weighted by Gasteiger charge is -2.26. The zero-order valence-electron chi connectivity index (χ0n) is 10.5. The van der Waals surface area contributed by atoms with Gasteiger partial charge in [-0.3, -0.25) is 4.79 Å². The maximum atomic E-state index is 11.8. The fourth-order valence-electron chi connectivity index (χ4n) is 1.97. The first-order valence-corrected chi connectivity index (χ1v) is 6.61. The highest BCUT2D eigenvalue weighted by Crippen LogP contribution is 2.10. The van der Waals surface area contributed by atoms with Gasteiger partial charge in [-0.25, -0.2) is 9.78 Å². The number of piperidine rings is 1. The number of carbonyl (C=O) groups excluding carboxylic acids is 2. The Balaban J connectivity index is 1.84. The van der Waals surface area contributed by atoms with E-state index in [4.69, 9.17) is 16.3 Å². The fourth-order valence-corrected chi connectivity index (χ4v) is 2.15. The predicted octanol–water partition coefficient (Wildman–Crippen LogP) is 1.90. The number of carbonyl (C=O) groups is 2. The minimum absolute atomic E-state index is 0.145. The molecule has 0 unspecified atom stereocenters. The van der Waals surface area contributed by atoms with Crippen LogP contribution in [0.2, 0.25) is 5.15 Å². The number of hydrogen-bond acceptors (Lipinski definition) is 4. The number of esters is 1. The molecule has 1 amide bonds. The molecule has 2 rings (SSSR count). The van der Waals surface area contributed by atoms with Crippen molar-refractivity contribution >= 4 is 23.5 Å². The molecular weight excluding hydrogens is 268 g/mol. The maximum Gasteiger partial charge on any atom is 0.338 e. The smallest absolute Gasteiger partial charge is 0.338 e. The minimum Gasteiger partial charge on any atom is -0.452 e. The predicted molar refractivity (Wildman–Crippen MR) is 70.0 cm³/mol. The average Bonchev–Trinajstić information content (AvgIpc) is 2.45. The lowest BCUT2D eigenvalue weighted by Crippen LogP contribution is -2.38. The first-order chi connectivity index (χ1) is 9.16. The summed E-state index contributed by atoms with van der Waals surface area (Å²) in [5.74, 6) is -0.706. The third-order valence-corrected chi connectivity index (χ3v) is 3.20. The number of ether oxygens (including phenoxy) is 1. The van der Waals surface area contributed by atoms with Gasteiger partial charge in [0.25, 0.3) is 5.91 Å². The van der Waals surface area contributed by atoms with Crippen LogP contribution in [0.3, 0.4) is 0 Å². The van der Waals surface area contributed by atoms with Crippen molar-refractivity contribution in [2.45, 2.75) is 19.3 Å². The van der Waals surface area contributed by atoms with E-state index >= 15 is 0 Å². The van der Waals surface area contributed by atoms with Crippen molar-refractivity contribution in [1.29, 1.82) is 0 Å². The molecule has 0 saturated carbocycles. The van der Waals surface area contributed by atoms with E-state index in [1.165, 1.54) is 18.3 Å². The molecule has 0 N–H and O–H groups in total. The molecule has 102 valence electrons. The quantitative estimate of drug-likeness (QED) is 0.628. The molecule has 1 aromatic rings. The summed E-state index contributed by atoms with van der Waals surface area (Å²) >= 11 is 5.68. The van der Waals surface area contributed by atoms with Gasteiger partial charge in [0.15, 0.2) is 6.61 Å². The molecule has 19 heavy (non-hydrogen) atoms. The van der Waals surface area contributed by atoms with Gasteiger partial charge in [-0.05, 0) is 31.4 Å². The van der Waals surface area contributed by atoms with Crippen LogP contribution in [0.25, 0.3) is 0 Å². The van der Waals surface area contributed by atoms with E-state index in [2.05, 4.69) is 4.98 Å². The van der Waals surface area contributed by atoms with Gasteiger partial charge >= 0.3 is 5.97 Å².